The van der Waals surface area contributed by atoms with E-state index in [1.54, 1.807) is 6.08 Å². The third-order valence-electron chi connectivity index (χ3n) is 6.27. The third kappa shape index (κ3) is 4.92. The largest absolute Gasteiger partial charge is 0.352 e. The van der Waals surface area contributed by atoms with E-state index in [0.717, 1.165) is 37.9 Å². The Morgan fingerprint density at radius 1 is 1.04 bits per heavy atom. The summed E-state index contributed by atoms with van der Waals surface area (Å²) in [6.45, 7) is 3.77. The molecule has 136 valence electrons. The van der Waals surface area contributed by atoms with Gasteiger partial charge < -0.3 is 9.47 Å². The number of ether oxygens (including phenoxy) is 2. The SMILES string of the molecule is CC=CCCC1CCC(C2COC(C3CC=C(F)CC3)OC2)CC1. The second-order valence-electron chi connectivity index (χ2n) is 7.91. The molecule has 0 N–H and O–H groups in total. The number of rotatable bonds is 5. The van der Waals surface area contributed by atoms with Crippen LogP contribution in [0.15, 0.2) is 24.1 Å². The van der Waals surface area contributed by atoms with Crippen LogP contribution in [0.25, 0.3) is 0 Å². The van der Waals surface area contributed by atoms with Crippen LogP contribution in [0.5, 0.6) is 0 Å². The van der Waals surface area contributed by atoms with Crippen LogP contribution in [0.1, 0.15) is 64.7 Å². The molecule has 3 rings (SSSR count). The zero-order valence-corrected chi connectivity index (χ0v) is 15.1. The van der Waals surface area contributed by atoms with E-state index in [4.69, 9.17) is 9.47 Å². The lowest BCUT2D eigenvalue weighted by Crippen LogP contribution is -2.40. The number of halogens is 1. The molecule has 0 aromatic heterocycles. The highest BCUT2D eigenvalue weighted by atomic mass is 19.1. The minimum absolute atomic E-state index is 0.0334. The van der Waals surface area contributed by atoms with Crippen LogP contribution in [0.4, 0.5) is 4.39 Å². The van der Waals surface area contributed by atoms with Crippen molar-refractivity contribution in [2.75, 3.05) is 13.2 Å². The van der Waals surface area contributed by atoms with Gasteiger partial charge >= 0.3 is 0 Å². The van der Waals surface area contributed by atoms with E-state index in [0.29, 0.717) is 18.3 Å². The Morgan fingerprint density at radius 2 is 1.79 bits per heavy atom. The lowest BCUT2D eigenvalue weighted by molar-refractivity contribution is -0.233. The van der Waals surface area contributed by atoms with Crippen molar-refractivity contribution in [2.45, 2.75) is 71.0 Å². The summed E-state index contributed by atoms with van der Waals surface area (Å²) < 4.78 is 25.2. The maximum Gasteiger partial charge on any atom is 0.160 e. The van der Waals surface area contributed by atoms with E-state index in [-0.39, 0.29) is 12.1 Å². The zero-order chi connectivity index (χ0) is 16.8. The van der Waals surface area contributed by atoms with Gasteiger partial charge in [-0.3, -0.25) is 0 Å². The average Bonchev–Trinajstić information content (AvgIpc) is 2.63. The smallest absolute Gasteiger partial charge is 0.160 e. The Morgan fingerprint density at radius 3 is 2.42 bits per heavy atom. The topological polar surface area (TPSA) is 18.5 Å². The van der Waals surface area contributed by atoms with Gasteiger partial charge in [-0.2, -0.15) is 0 Å². The van der Waals surface area contributed by atoms with Crippen molar-refractivity contribution in [1.29, 1.82) is 0 Å². The Bertz CT molecular complexity index is 429. The van der Waals surface area contributed by atoms with E-state index >= 15 is 0 Å². The minimum atomic E-state index is -0.109. The van der Waals surface area contributed by atoms with Gasteiger partial charge in [0.15, 0.2) is 6.29 Å². The van der Waals surface area contributed by atoms with Crippen molar-refractivity contribution in [1.82, 2.24) is 0 Å². The predicted molar refractivity (Wildman–Crippen MR) is 95.2 cm³/mol. The normalized spacial score (nSPS) is 38.2. The second kappa shape index (κ2) is 9.15. The lowest BCUT2D eigenvalue weighted by Gasteiger charge is -2.40. The molecule has 0 radical (unpaired) electrons. The average molecular weight is 336 g/mol. The van der Waals surface area contributed by atoms with Crippen LogP contribution in [0.2, 0.25) is 0 Å². The Hall–Kier alpha value is -0.670. The summed E-state index contributed by atoms with van der Waals surface area (Å²) in [5, 5.41) is 0. The molecule has 2 nitrogen and oxygen atoms in total. The van der Waals surface area contributed by atoms with Gasteiger partial charge in [0.25, 0.3) is 0 Å². The van der Waals surface area contributed by atoms with Crippen molar-refractivity contribution >= 4 is 0 Å². The molecule has 0 amide bonds. The summed E-state index contributed by atoms with van der Waals surface area (Å²) in [5.74, 6) is 2.62. The summed E-state index contributed by atoms with van der Waals surface area (Å²) in [6, 6.07) is 0. The Labute approximate surface area is 146 Å². The quantitative estimate of drug-likeness (QED) is 0.591. The molecule has 2 fully saturated rings. The second-order valence-corrected chi connectivity index (χ2v) is 7.91. The monoisotopic (exact) mass is 336 g/mol. The van der Waals surface area contributed by atoms with Crippen molar-refractivity contribution in [2.24, 2.45) is 23.7 Å². The van der Waals surface area contributed by atoms with Crippen molar-refractivity contribution in [3.63, 3.8) is 0 Å². The Balaban J connectivity index is 1.37. The molecule has 3 heteroatoms. The highest BCUT2D eigenvalue weighted by molar-refractivity contribution is 4.98. The van der Waals surface area contributed by atoms with Crippen molar-refractivity contribution < 1.29 is 13.9 Å². The first-order chi connectivity index (χ1) is 11.8. The van der Waals surface area contributed by atoms with Crippen LogP contribution in [0, 0.1) is 23.7 Å². The van der Waals surface area contributed by atoms with E-state index in [1.807, 2.05) is 0 Å². The predicted octanol–water partition coefficient (Wildman–Crippen LogP) is 5.79. The van der Waals surface area contributed by atoms with E-state index < -0.39 is 0 Å². The van der Waals surface area contributed by atoms with Gasteiger partial charge in [-0.25, -0.2) is 4.39 Å². The lowest BCUT2D eigenvalue weighted by atomic mass is 9.75. The van der Waals surface area contributed by atoms with Crippen molar-refractivity contribution in [3.05, 3.63) is 24.1 Å². The number of allylic oxidation sites excluding steroid dienone is 4. The molecule has 1 unspecified atom stereocenters. The van der Waals surface area contributed by atoms with E-state index in [9.17, 15) is 4.39 Å². The first-order valence-electron chi connectivity index (χ1n) is 9.95. The van der Waals surface area contributed by atoms with E-state index in [1.165, 1.54) is 38.5 Å². The van der Waals surface area contributed by atoms with Gasteiger partial charge in [0, 0.05) is 11.8 Å². The van der Waals surface area contributed by atoms with E-state index in [2.05, 4.69) is 19.1 Å². The van der Waals surface area contributed by atoms with Gasteiger partial charge in [-0.05, 0) is 63.7 Å². The minimum Gasteiger partial charge on any atom is -0.352 e. The van der Waals surface area contributed by atoms with Gasteiger partial charge in [-0.1, -0.05) is 31.1 Å². The molecule has 0 aromatic carbocycles. The van der Waals surface area contributed by atoms with Gasteiger partial charge in [0.2, 0.25) is 0 Å². The summed E-state index contributed by atoms with van der Waals surface area (Å²) in [4.78, 5) is 0. The molecule has 3 aliphatic rings. The molecule has 1 saturated heterocycles. The molecule has 2 aliphatic carbocycles. The Kier molecular flexibility index (Phi) is 6.91. The first-order valence-corrected chi connectivity index (χ1v) is 9.95. The third-order valence-corrected chi connectivity index (χ3v) is 6.27. The van der Waals surface area contributed by atoms with Crippen LogP contribution < -0.4 is 0 Å². The fraction of sp³-hybridized carbons (Fsp3) is 0.810. The first kappa shape index (κ1) is 18.1. The van der Waals surface area contributed by atoms with Gasteiger partial charge in [0.05, 0.1) is 19.0 Å². The summed E-state index contributed by atoms with van der Waals surface area (Å²) in [5.41, 5.74) is 0. The summed E-state index contributed by atoms with van der Waals surface area (Å²) in [7, 11) is 0. The molecule has 0 bridgehead atoms. The fourth-order valence-corrected chi connectivity index (χ4v) is 4.59. The summed E-state index contributed by atoms with van der Waals surface area (Å²) >= 11 is 0. The van der Waals surface area contributed by atoms with Crippen LogP contribution >= 0.6 is 0 Å². The van der Waals surface area contributed by atoms with Crippen LogP contribution in [-0.2, 0) is 9.47 Å². The van der Waals surface area contributed by atoms with Gasteiger partial charge in [-0.15, -0.1) is 0 Å². The summed E-state index contributed by atoms with van der Waals surface area (Å²) in [6.07, 6.45) is 16.2. The molecule has 0 spiro atoms. The fourth-order valence-electron chi connectivity index (χ4n) is 4.59. The van der Waals surface area contributed by atoms with Gasteiger partial charge in [0.1, 0.15) is 0 Å². The molecule has 24 heavy (non-hydrogen) atoms. The molecular weight excluding hydrogens is 303 g/mol. The highest BCUT2D eigenvalue weighted by Gasteiger charge is 2.34. The zero-order valence-electron chi connectivity index (χ0n) is 15.1. The standard InChI is InChI=1S/C21H33FO2/c1-2-3-4-5-16-6-8-17(9-7-16)19-14-23-21(24-15-19)18-10-12-20(22)13-11-18/h2-3,12,16-19,21H,4-11,13-15H2,1H3. The van der Waals surface area contributed by atoms with Crippen LogP contribution in [0.3, 0.4) is 0 Å². The van der Waals surface area contributed by atoms with Crippen molar-refractivity contribution in [3.8, 4) is 0 Å². The molecule has 1 heterocycles. The molecule has 1 aliphatic heterocycles. The number of hydrogen-bond donors (Lipinski definition) is 0. The maximum atomic E-state index is 13.1. The highest BCUT2D eigenvalue weighted by Crippen LogP contribution is 2.38. The molecule has 0 aromatic rings. The van der Waals surface area contributed by atoms with Crippen LogP contribution in [-0.4, -0.2) is 19.5 Å². The maximum absolute atomic E-state index is 13.1. The number of hydrogen-bond acceptors (Lipinski definition) is 2. The molecular formula is C21H33FO2. The molecule has 1 saturated carbocycles. The molecule has 1 atom stereocenters.